The first-order chi connectivity index (χ1) is 7.85. The summed E-state index contributed by atoms with van der Waals surface area (Å²) in [6.45, 7) is 5.03. The Morgan fingerprint density at radius 1 is 1.53 bits per heavy atom. The van der Waals surface area contributed by atoms with Crippen LogP contribution in [0.3, 0.4) is 0 Å². The SMILES string of the molecule is C=CCS(=O)(=O)Nc1cc(C(=O)O)ccc1C. The zero-order chi connectivity index (χ0) is 13.1. The van der Waals surface area contributed by atoms with E-state index in [0.29, 0.717) is 5.56 Å². The molecule has 0 atom stereocenters. The summed E-state index contributed by atoms with van der Waals surface area (Å²) < 4.78 is 25.3. The predicted molar refractivity (Wildman–Crippen MR) is 65.7 cm³/mol. The second kappa shape index (κ2) is 5.01. The molecule has 0 heterocycles. The quantitative estimate of drug-likeness (QED) is 0.783. The van der Waals surface area contributed by atoms with E-state index in [0.717, 1.165) is 0 Å². The van der Waals surface area contributed by atoms with Gasteiger partial charge in [-0.2, -0.15) is 0 Å². The van der Waals surface area contributed by atoms with Crippen molar-refractivity contribution in [3.63, 3.8) is 0 Å². The number of aryl methyl sites for hydroxylation is 1. The number of carboxylic acids is 1. The zero-order valence-electron chi connectivity index (χ0n) is 9.30. The highest BCUT2D eigenvalue weighted by Gasteiger charge is 2.12. The Bertz CT molecular complexity index is 549. The van der Waals surface area contributed by atoms with Crippen LogP contribution in [0.2, 0.25) is 0 Å². The summed E-state index contributed by atoms with van der Waals surface area (Å²) in [4.78, 5) is 10.8. The molecule has 0 aliphatic rings. The lowest BCUT2D eigenvalue weighted by Gasteiger charge is -2.09. The van der Waals surface area contributed by atoms with Crippen LogP contribution in [0, 0.1) is 6.92 Å². The van der Waals surface area contributed by atoms with Gasteiger partial charge in [-0.05, 0) is 24.6 Å². The van der Waals surface area contributed by atoms with Crippen molar-refractivity contribution >= 4 is 21.7 Å². The van der Waals surface area contributed by atoms with E-state index >= 15 is 0 Å². The molecule has 0 unspecified atom stereocenters. The van der Waals surface area contributed by atoms with Crippen molar-refractivity contribution < 1.29 is 18.3 Å². The minimum atomic E-state index is -3.51. The van der Waals surface area contributed by atoms with E-state index < -0.39 is 16.0 Å². The summed E-state index contributed by atoms with van der Waals surface area (Å²) in [6, 6.07) is 4.26. The Morgan fingerprint density at radius 3 is 2.71 bits per heavy atom. The van der Waals surface area contributed by atoms with Crippen molar-refractivity contribution in [3.8, 4) is 0 Å². The van der Waals surface area contributed by atoms with Crippen LogP contribution in [0.15, 0.2) is 30.9 Å². The number of rotatable bonds is 5. The summed E-state index contributed by atoms with van der Waals surface area (Å²) in [5, 5.41) is 8.81. The average molecular weight is 255 g/mol. The number of sulfonamides is 1. The molecule has 2 N–H and O–H groups in total. The first kappa shape index (κ1) is 13.2. The first-order valence-corrected chi connectivity index (χ1v) is 6.46. The molecule has 17 heavy (non-hydrogen) atoms. The molecule has 0 aliphatic heterocycles. The minimum Gasteiger partial charge on any atom is -0.478 e. The maximum atomic E-state index is 11.5. The molecule has 0 radical (unpaired) electrons. The van der Waals surface area contributed by atoms with Crippen LogP contribution >= 0.6 is 0 Å². The van der Waals surface area contributed by atoms with E-state index in [1.807, 2.05) is 0 Å². The zero-order valence-corrected chi connectivity index (χ0v) is 10.1. The van der Waals surface area contributed by atoms with Crippen molar-refractivity contribution in [2.24, 2.45) is 0 Å². The van der Waals surface area contributed by atoms with Gasteiger partial charge in [-0.15, -0.1) is 6.58 Å². The molecule has 0 saturated carbocycles. The van der Waals surface area contributed by atoms with Gasteiger partial charge in [0.05, 0.1) is 17.0 Å². The lowest BCUT2D eigenvalue weighted by molar-refractivity contribution is 0.0697. The monoisotopic (exact) mass is 255 g/mol. The molecule has 0 amide bonds. The van der Waals surface area contributed by atoms with Crippen LogP contribution in [0.4, 0.5) is 5.69 Å². The normalized spacial score (nSPS) is 10.9. The lowest BCUT2D eigenvalue weighted by Crippen LogP contribution is -2.16. The molecular weight excluding hydrogens is 242 g/mol. The molecule has 0 saturated heterocycles. The smallest absolute Gasteiger partial charge is 0.335 e. The Labute approximate surface area is 99.8 Å². The Morgan fingerprint density at radius 2 is 2.18 bits per heavy atom. The van der Waals surface area contributed by atoms with Gasteiger partial charge in [0.2, 0.25) is 10.0 Å². The van der Waals surface area contributed by atoms with Crippen molar-refractivity contribution in [2.75, 3.05) is 10.5 Å². The molecule has 1 aromatic carbocycles. The predicted octanol–water partition coefficient (Wildman–Crippen LogP) is 1.62. The molecule has 0 fully saturated rings. The van der Waals surface area contributed by atoms with Crippen LogP contribution < -0.4 is 4.72 Å². The second-order valence-corrected chi connectivity index (χ2v) is 5.27. The summed E-state index contributed by atoms with van der Waals surface area (Å²) in [5.74, 6) is -1.32. The maximum absolute atomic E-state index is 11.5. The first-order valence-electron chi connectivity index (χ1n) is 4.81. The van der Waals surface area contributed by atoms with E-state index in [9.17, 15) is 13.2 Å². The third kappa shape index (κ3) is 3.60. The number of benzene rings is 1. The van der Waals surface area contributed by atoms with Gasteiger partial charge in [0.1, 0.15) is 0 Å². The highest BCUT2D eigenvalue weighted by molar-refractivity contribution is 7.92. The fraction of sp³-hybridized carbons (Fsp3) is 0.182. The van der Waals surface area contributed by atoms with Crippen molar-refractivity contribution in [1.82, 2.24) is 0 Å². The van der Waals surface area contributed by atoms with Gasteiger partial charge in [-0.3, -0.25) is 4.72 Å². The third-order valence-corrected chi connectivity index (χ3v) is 3.29. The van der Waals surface area contributed by atoms with Crippen LogP contribution in [0.25, 0.3) is 0 Å². The Kier molecular flexibility index (Phi) is 3.90. The number of carboxylic acid groups (broad SMARTS) is 1. The van der Waals surface area contributed by atoms with Gasteiger partial charge < -0.3 is 5.11 Å². The molecule has 1 aromatic rings. The summed E-state index contributed by atoms with van der Waals surface area (Å²) >= 11 is 0. The number of carbonyl (C=O) groups is 1. The van der Waals surface area contributed by atoms with Gasteiger partial charge >= 0.3 is 5.97 Å². The number of hydrogen-bond donors (Lipinski definition) is 2. The van der Waals surface area contributed by atoms with Gasteiger partial charge in [-0.1, -0.05) is 12.1 Å². The fourth-order valence-corrected chi connectivity index (χ4v) is 2.18. The second-order valence-electron chi connectivity index (χ2n) is 3.51. The lowest BCUT2D eigenvalue weighted by atomic mass is 10.1. The molecular formula is C11H13NO4S. The Balaban J connectivity index is 3.10. The van der Waals surface area contributed by atoms with Crippen molar-refractivity contribution in [1.29, 1.82) is 0 Å². The van der Waals surface area contributed by atoms with E-state index in [1.54, 1.807) is 13.0 Å². The summed E-state index contributed by atoms with van der Waals surface area (Å²) in [7, 11) is -3.51. The van der Waals surface area contributed by atoms with Gasteiger partial charge in [-0.25, -0.2) is 13.2 Å². The standard InChI is InChI=1S/C11H13NO4S/c1-3-6-17(15,16)12-10-7-9(11(13)14)5-4-8(10)2/h3-5,7,12H,1,6H2,2H3,(H,13,14). The number of nitrogens with one attached hydrogen (secondary N) is 1. The topological polar surface area (TPSA) is 83.5 Å². The number of hydrogen-bond acceptors (Lipinski definition) is 3. The maximum Gasteiger partial charge on any atom is 0.335 e. The molecule has 6 heteroatoms. The van der Waals surface area contributed by atoms with E-state index in [2.05, 4.69) is 11.3 Å². The molecule has 0 aliphatic carbocycles. The van der Waals surface area contributed by atoms with E-state index in [1.165, 1.54) is 18.2 Å². The van der Waals surface area contributed by atoms with Crippen LogP contribution in [-0.2, 0) is 10.0 Å². The molecule has 0 bridgehead atoms. The van der Waals surface area contributed by atoms with Crippen molar-refractivity contribution in [2.45, 2.75) is 6.92 Å². The van der Waals surface area contributed by atoms with Gasteiger partial charge in [0, 0.05) is 0 Å². The molecule has 92 valence electrons. The van der Waals surface area contributed by atoms with E-state index in [4.69, 9.17) is 5.11 Å². The minimum absolute atomic E-state index is 0.0342. The number of aromatic carboxylic acids is 1. The van der Waals surface area contributed by atoms with Crippen LogP contribution in [-0.4, -0.2) is 25.2 Å². The van der Waals surface area contributed by atoms with E-state index in [-0.39, 0.29) is 17.0 Å². The molecule has 0 spiro atoms. The van der Waals surface area contributed by atoms with Gasteiger partial charge in [0.15, 0.2) is 0 Å². The molecule has 1 rings (SSSR count). The summed E-state index contributed by atoms with van der Waals surface area (Å²) in [6.07, 6.45) is 1.26. The fourth-order valence-electron chi connectivity index (χ4n) is 1.23. The largest absolute Gasteiger partial charge is 0.478 e. The van der Waals surface area contributed by atoms with Gasteiger partial charge in [0.25, 0.3) is 0 Å². The summed E-state index contributed by atoms with van der Waals surface area (Å²) in [5.41, 5.74) is 0.960. The van der Waals surface area contributed by atoms with Crippen molar-refractivity contribution in [3.05, 3.63) is 42.0 Å². The van der Waals surface area contributed by atoms with Crippen LogP contribution in [0.1, 0.15) is 15.9 Å². The third-order valence-electron chi connectivity index (χ3n) is 2.09. The molecule has 5 nitrogen and oxygen atoms in total. The average Bonchev–Trinajstić information content (AvgIpc) is 2.20. The highest BCUT2D eigenvalue weighted by atomic mass is 32.2. The highest BCUT2D eigenvalue weighted by Crippen LogP contribution is 2.18. The van der Waals surface area contributed by atoms with Crippen LogP contribution in [0.5, 0.6) is 0 Å². The molecule has 0 aromatic heterocycles. The number of anilines is 1. The Hall–Kier alpha value is -1.82.